The number of thioether (sulfide) groups is 1. The summed E-state index contributed by atoms with van der Waals surface area (Å²) >= 11 is 1.71. The van der Waals surface area contributed by atoms with E-state index in [0.717, 1.165) is 31.0 Å². The molecule has 1 aliphatic rings. The molecule has 94 valence electrons. The van der Waals surface area contributed by atoms with Crippen LogP contribution in [0.3, 0.4) is 0 Å². The maximum Gasteiger partial charge on any atom is 0.174 e. The van der Waals surface area contributed by atoms with Gasteiger partial charge in [-0.2, -0.15) is 0 Å². The Morgan fingerprint density at radius 3 is 2.71 bits per heavy atom. The van der Waals surface area contributed by atoms with Crippen molar-refractivity contribution in [1.82, 2.24) is 4.57 Å². The van der Waals surface area contributed by atoms with Gasteiger partial charge in [0.05, 0.1) is 24.2 Å². The Kier molecular flexibility index (Phi) is 3.94. The molecule has 1 fully saturated rings. The Morgan fingerprint density at radius 2 is 2.24 bits per heavy atom. The largest absolute Gasteiger partial charge is 0.379 e. The highest BCUT2D eigenvalue weighted by Gasteiger charge is 2.21. The number of ketones is 1. The minimum absolute atomic E-state index is 0.245. The quantitative estimate of drug-likeness (QED) is 0.755. The van der Waals surface area contributed by atoms with Crippen LogP contribution in [0.25, 0.3) is 0 Å². The van der Waals surface area contributed by atoms with Crippen molar-refractivity contribution in [2.75, 3.05) is 19.0 Å². The van der Waals surface area contributed by atoms with Gasteiger partial charge in [0.2, 0.25) is 0 Å². The van der Waals surface area contributed by atoms with E-state index >= 15 is 0 Å². The lowest BCUT2D eigenvalue weighted by Crippen LogP contribution is -2.31. The number of nitrogens with zero attached hydrogens (tertiary/aromatic N) is 1. The molecule has 0 saturated carbocycles. The Labute approximate surface area is 107 Å². The molecule has 2 heterocycles. The zero-order valence-electron chi connectivity index (χ0n) is 10.7. The topological polar surface area (TPSA) is 31.2 Å². The number of ether oxygens (including phenoxy) is 1. The monoisotopic (exact) mass is 253 g/mol. The van der Waals surface area contributed by atoms with Crippen LogP contribution in [0, 0.1) is 13.8 Å². The summed E-state index contributed by atoms with van der Waals surface area (Å²) < 4.78 is 7.29. The van der Waals surface area contributed by atoms with E-state index in [2.05, 4.69) is 18.4 Å². The maximum atomic E-state index is 12.1. The Balaban J connectivity index is 2.02. The zero-order valence-corrected chi connectivity index (χ0v) is 11.5. The van der Waals surface area contributed by atoms with Crippen LogP contribution in [-0.4, -0.2) is 34.6 Å². The predicted octanol–water partition coefficient (Wildman–Crippen LogP) is 2.44. The predicted molar refractivity (Wildman–Crippen MR) is 71.0 cm³/mol. The van der Waals surface area contributed by atoms with Crippen molar-refractivity contribution < 1.29 is 9.53 Å². The molecule has 2 rings (SSSR count). The summed E-state index contributed by atoms with van der Waals surface area (Å²) in [7, 11) is 0. The van der Waals surface area contributed by atoms with E-state index in [1.165, 1.54) is 5.69 Å². The van der Waals surface area contributed by atoms with Crippen molar-refractivity contribution >= 4 is 17.5 Å². The van der Waals surface area contributed by atoms with E-state index in [1.54, 1.807) is 11.8 Å². The third kappa shape index (κ3) is 2.58. The Morgan fingerprint density at radius 1 is 1.53 bits per heavy atom. The van der Waals surface area contributed by atoms with E-state index in [-0.39, 0.29) is 5.78 Å². The fraction of sp³-hybridized carbons (Fsp3) is 0.615. The van der Waals surface area contributed by atoms with Gasteiger partial charge in [-0.1, -0.05) is 0 Å². The van der Waals surface area contributed by atoms with Crippen LogP contribution in [0.5, 0.6) is 0 Å². The third-order valence-electron chi connectivity index (χ3n) is 3.25. The van der Waals surface area contributed by atoms with Gasteiger partial charge in [-0.3, -0.25) is 4.79 Å². The molecule has 0 bridgehead atoms. The van der Waals surface area contributed by atoms with E-state index in [4.69, 9.17) is 4.74 Å². The number of rotatable bonds is 5. The van der Waals surface area contributed by atoms with E-state index in [9.17, 15) is 4.79 Å². The van der Waals surface area contributed by atoms with Crippen molar-refractivity contribution in [2.45, 2.75) is 32.6 Å². The molecule has 1 aromatic rings. The summed E-state index contributed by atoms with van der Waals surface area (Å²) in [4.78, 5) is 12.1. The first-order valence-electron chi connectivity index (χ1n) is 6.02. The molecule has 0 radical (unpaired) electrons. The van der Waals surface area contributed by atoms with Gasteiger partial charge in [0.15, 0.2) is 5.78 Å². The second-order valence-electron chi connectivity index (χ2n) is 4.42. The average Bonchev–Trinajstić information content (AvgIpc) is 2.51. The second-order valence-corrected chi connectivity index (χ2v) is 5.71. The third-order valence-corrected chi connectivity index (χ3v) is 4.42. The summed E-state index contributed by atoms with van der Waals surface area (Å²) in [5, 5.41) is 0.522. The summed E-state index contributed by atoms with van der Waals surface area (Å²) in [5.74, 6) is 0.817. The fourth-order valence-corrected chi connectivity index (χ4v) is 3.08. The molecule has 1 saturated heterocycles. The summed E-state index contributed by atoms with van der Waals surface area (Å²) in [5.41, 5.74) is 3.16. The van der Waals surface area contributed by atoms with E-state index in [1.807, 2.05) is 13.0 Å². The van der Waals surface area contributed by atoms with Gasteiger partial charge in [0.25, 0.3) is 0 Å². The average molecular weight is 253 g/mol. The molecule has 17 heavy (non-hydrogen) atoms. The van der Waals surface area contributed by atoms with Gasteiger partial charge in [-0.25, -0.2) is 0 Å². The molecule has 1 aliphatic heterocycles. The van der Waals surface area contributed by atoms with Gasteiger partial charge in [-0.05, 0) is 26.8 Å². The number of aryl methyl sites for hydroxylation is 1. The molecule has 0 atom stereocenters. The van der Waals surface area contributed by atoms with Crippen LogP contribution < -0.4 is 0 Å². The van der Waals surface area contributed by atoms with Crippen molar-refractivity contribution in [2.24, 2.45) is 0 Å². The second kappa shape index (κ2) is 5.27. The van der Waals surface area contributed by atoms with Crippen LogP contribution in [0.4, 0.5) is 0 Å². The molecule has 0 N–H and O–H groups in total. The minimum Gasteiger partial charge on any atom is -0.379 e. The summed E-state index contributed by atoms with van der Waals surface area (Å²) in [6, 6.07) is 2.01. The fourth-order valence-electron chi connectivity index (χ4n) is 2.15. The Hall–Kier alpha value is -0.740. The molecule has 4 heteroatoms. The van der Waals surface area contributed by atoms with Crippen molar-refractivity contribution in [3.8, 4) is 0 Å². The van der Waals surface area contributed by atoms with Crippen LogP contribution >= 0.6 is 11.8 Å². The number of carbonyl (C=O) groups is 1. The zero-order chi connectivity index (χ0) is 12.4. The molecule has 0 aromatic carbocycles. The molecule has 0 spiro atoms. The van der Waals surface area contributed by atoms with Gasteiger partial charge < -0.3 is 9.30 Å². The van der Waals surface area contributed by atoms with Gasteiger partial charge in [-0.15, -0.1) is 11.8 Å². The first-order valence-corrected chi connectivity index (χ1v) is 7.07. The van der Waals surface area contributed by atoms with Gasteiger partial charge >= 0.3 is 0 Å². The van der Waals surface area contributed by atoms with Gasteiger partial charge in [0, 0.05) is 23.5 Å². The minimum atomic E-state index is 0.245. The van der Waals surface area contributed by atoms with Crippen molar-refractivity contribution in [3.63, 3.8) is 0 Å². The van der Waals surface area contributed by atoms with Crippen LogP contribution in [0.1, 0.15) is 28.7 Å². The van der Waals surface area contributed by atoms with Crippen molar-refractivity contribution in [3.05, 3.63) is 23.0 Å². The highest BCUT2D eigenvalue weighted by atomic mass is 32.2. The normalized spacial score (nSPS) is 15.9. The van der Waals surface area contributed by atoms with Crippen LogP contribution in [0.15, 0.2) is 6.07 Å². The SMILES string of the molecule is CCn1c(C)cc(C(=O)CSC2COC2)c1C. The van der Waals surface area contributed by atoms with E-state index < -0.39 is 0 Å². The van der Waals surface area contributed by atoms with Crippen molar-refractivity contribution in [1.29, 1.82) is 0 Å². The first-order chi connectivity index (χ1) is 8.13. The standard InChI is InChI=1S/C13H19NO2S/c1-4-14-9(2)5-12(10(14)3)13(15)8-17-11-6-16-7-11/h5,11H,4,6-8H2,1-3H3. The molecule has 0 amide bonds. The smallest absolute Gasteiger partial charge is 0.174 e. The van der Waals surface area contributed by atoms with E-state index in [0.29, 0.717) is 11.0 Å². The molecular weight excluding hydrogens is 234 g/mol. The Bertz CT molecular complexity index is 421. The number of hydrogen-bond donors (Lipinski definition) is 0. The molecule has 1 aromatic heterocycles. The number of Topliss-reactive ketones (excluding diaryl/α,β-unsaturated/α-hetero) is 1. The van der Waals surface area contributed by atoms with Gasteiger partial charge in [0.1, 0.15) is 0 Å². The molecule has 0 unspecified atom stereocenters. The summed E-state index contributed by atoms with van der Waals surface area (Å²) in [6.07, 6.45) is 0. The highest BCUT2D eigenvalue weighted by molar-refractivity contribution is 8.00. The molecular formula is C13H19NO2S. The van der Waals surface area contributed by atoms with Crippen LogP contribution in [0.2, 0.25) is 0 Å². The molecule has 3 nitrogen and oxygen atoms in total. The number of hydrogen-bond acceptors (Lipinski definition) is 3. The summed E-state index contributed by atoms with van der Waals surface area (Å²) in [6.45, 7) is 8.71. The maximum absolute atomic E-state index is 12.1. The lowest BCUT2D eigenvalue weighted by atomic mass is 10.2. The number of aromatic nitrogens is 1. The lowest BCUT2D eigenvalue weighted by Gasteiger charge is -2.24. The number of carbonyl (C=O) groups excluding carboxylic acids is 1. The highest BCUT2D eigenvalue weighted by Crippen LogP contribution is 2.22. The van der Waals surface area contributed by atoms with Crippen LogP contribution in [-0.2, 0) is 11.3 Å². The first kappa shape index (κ1) is 12.7. The lowest BCUT2D eigenvalue weighted by molar-refractivity contribution is 0.0455. The molecule has 0 aliphatic carbocycles.